The van der Waals surface area contributed by atoms with Crippen LogP contribution in [0, 0.1) is 6.92 Å². The van der Waals surface area contributed by atoms with Crippen LogP contribution in [0.4, 0.5) is 10.8 Å². The number of hydrogen-bond donors (Lipinski definition) is 1. The zero-order valence-corrected chi connectivity index (χ0v) is 15.5. The summed E-state index contributed by atoms with van der Waals surface area (Å²) in [5.41, 5.74) is 1.78. The lowest BCUT2D eigenvalue weighted by atomic mass is 10.3. The Morgan fingerprint density at radius 1 is 1.28 bits per heavy atom. The summed E-state index contributed by atoms with van der Waals surface area (Å²) in [6.07, 6.45) is 1.03. The lowest BCUT2D eigenvalue weighted by molar-refractivity contribution is -0.117. The molecule has 2 aromatic rings. The van der Waals surface area contributed by atoms with Crippen molar-refractivity contribution in [3.05, 3.63) is 35.3 Å². The Morgan fingerprint density at radius 3 is 2.88 bits per heavy atom. The van der Waals surface area contributed by atoms with Gasteiger partial charge in [-0.05, 0) is 25.5 Å². The van der Waals surface area contributed by atoms with Gasteiger partial charge in [0.2, 0.25) is 5.91 Å². The minimum absolute atomic E-state index is 0.0111. The fraction of sp³-hybridized carbons (Fsp3) is 0.444. The van der Waals surface area contributed by atoms with Crippen molar-refractivity contribution in [2.75, 3.05) is 50.1 Å². The van der Waals surface area contributed by atoms with E-state index in [4.69, 9.17) is 4.74 Å². The van der Waals surface area contributed by atoms with E-state index in [1.807, 2.05) is 31.2 Å². The number of nitrogens with one attached hydrogen (secondary N) is 1. The summed E-state index contributed by atoms with van der Waals surface area (Å²) in [6.45, 7) is 6.07. The lowest BCUT2D eigenvalue weighted by Crippen LogP contribution is -2.36. The molecule has 1 amide bonds. The third-order valence-electron chi connectivity index (χ3n) is 4.21. The maximum absolute atomic E-state index is 12.4. The molecule has 1 aromatic heterocycles. The molecule has 1 aliphatic rings. The van der Waals surface area contributed by atoms with Crippen molar-refractivity contribution < 1.29 is 9.53 Å². The second kappa shape index (κ2) is 8.31. The third kappa shape index (κ3) is 4.70. The Kier molecular flexibility index (Phi) is 5.88. The summed E-state index contributed by atoms with van der Waals surface area (Å²) in [6, 6.07) is 7.47. The highest BCUT2D eigenvalue weighted by Gasteiger charge is 2.19. The van der Waals surface area contributed by atoms with Gasteiger partial charge in [0.1, 0.15) is 5.75 Å². The molecule has 134 valence electrons. The topological polar surface area (TPSA) is 57.7 Å². The van der Waals surface area contributed by atoms with Crippen LogP contribution in [-0.4, -0.2) is 55.6 Å². The first-order valence-corrected chi connectivity index (χ1v) is 9.36. The van der Waals surface area contributed by atoms with Gasteiger partial charge in [-0.15, -0.1) is 11.3 Å². The van der Waals surface area contributed by atoms with Crippen LogP contribution in [0.15, 0.2) is 29.6 Å². The minimum Gasteiger partial charge on any atom is -0.495 e. The number of amides is 1. The van der Waals surface area contributed by atoms with E-state index in [2.05, 4.69) is 25.5 Å². The van der Waals surface area contributed by atoms with Crippen molar-refractivity contribution in [2.24, 2.45) is 0 Å². The smallest absolute Gasteiger partial charge is 0.238 e. The minimum atomic E-state index is -0.0111. The molecule has 2 heterocycles. The predicted octanol–water partition coefficient (Wildman–Crippen LogP) is 2.61. The quantitative estimate of drug-likeness (QED) is 0.888. The average Bonchev–Trinajstić information content (AvgIpc) is 2.90. The summed E-state index contributed by atoms with van der Waals surface area (Å²) >= 11 is 1.69. The first kappa shape index (κ1) is 17.7. The Morgan fingerprint density at radius 2 is 2.12 bits per heavy atom. The number of thiazole rings is 1. The van der Waals surface area contributed by atoms with E-state index in [0.29, 0.717) is 18.0 Å². The van der Waals surface area contributed by atoms with Crippen LogP contribution in [0.3, 0.4) is 0 Å². The highest BCUT2D eigenvalue weighted by atomic mass is 32.1. The van der Waals surface area contributed by atoms with E-state index in [1.165, 1.54) is 0 Å². The zero-order chi connectivity index (χ0) is 17.6. The van der Waals surface area contributed by atoms with Crippen LogP contribution in [0.2, 0.25) is 0 Å². The second-order valence-corrected chi connectivity index (χ2v) is 6.97. The van der Waals surface area contributed by atoms with E-state index >= 15 is 0 Å². The van der Waals surface area contributed by atoms with Gasteiger partial charge in [-0.3, -0.25) is 9.69 Å². The first-order chi connectivity index (χ1) is 12.2. The number of benzene rings is 1. The fourth-order valence-corrected chi connectivity index (χ4v) is 3.80. The lowest BCUT2D eigenvalue weighted by Gasteiger charge is -2.21. The molecule has 1 aromatic carbocycles. The molecule has 6 nitrogen and oxygen atoms in total. The number of hydrogen-bond acceptors (Lipinski definition) is 6. The molecule has 0 aliphatic carbocycles. The highest BCUT2D eigenvalue weighted by Crippen LogP contribution is 2.23. The van der Waals surface area contributed by atoms with Crippen LogP contribution in [0.1, 0.15) is 12.1 Å². The number of nitrogens with zero attached hydrogens (tertiary/aromatic N) is 3. The average molecular weight is 360 g/mol. The van der Waals surface area contributed by atoms with Crippen molar-refractivity contribution >= 4 is 28.1 Å². The number of anilines is 2. The molecule has 0 bridgehead atoms. The highest BCUT2D eigenvalue weighted by molar-refractivity contribution is 7.13. The number of carbonyl (C=O) groups excluding carboxylic acids is 1. The van der Waals surface area contributed by atoms with Gasteiger partial charge >= 0.3 is 0 Å². The standard InChI is InChI=1S/C18H24N4O2S/c1-14-13-25-18(19-14)22-9-5-8-21(10-11-22)12-17(23)20-15-6-3-4-7-16(15)24-2/h3-4,6-7,13H,5,8-12H2,1-2H3,(H,20,23). The van der Waals surface area contributed by atoms with Gasteiger partial charge in [-0.1, -0.05) is 12.1 Å². The van der Waals surface area contributed by atoms with Gasteiger partial charge in [0.05, 0.1) is 25.0 Å². The first-order valence-electron chi connectivity index (χ1n) is 8.48. The van der Waals surface area contributed by atoms with Gasteiger partial charge in [0, 0.05) is 31.6 Å². The Labute approximate surface area is 152 Å². The maximum Gasteiger partial charge on any atom is 0.238 e. The Hall–Kier alpha value is -2.12. The monoisotopic (exact) mass is 360 g/mol. The summed E-state index contributed by atoms with van der Waals surface area (Å²) in [7, 11) is 1.61. The number of aryl methyl sites for hydroxylation is 1. The molecular weight excluding hydrogens is 336 g/mol. The van der Waals surface area contributed by atoms with Crippen molar-refractivity contribution in [1.82, 2.24) is 9.88 Å². The van der Waals surface area contributed by atoms with Crippen LogP contribution < -0.4 is 15.0 Å². The molecule has 1 N–H and O–H groups in total. The molecule has 1 saturated heterocycles. The summed E-state index contributed by atoms with van der Waals surface area (Å²) in [5, 5.41) is 6.11. The van der Waals surface area contributed by atoms with E-state index in [-0.39, 0.29) is 5.91 Å². The van der Waals surface area contributed by atoms with Gasteiger partial charge < -0.3 is 15.0 Å². The van der Waals surface area contributed by atoms with E-state index in [1.54, 1.807) is 18.4 Å². The largest absolute Gasteiger partial charge is 0.495 e. The van der Waals surface area contributed by atoms with E-state index < -0.39 is 0 Å². The van der Waals surface area contributed by atoms with E-state index in [0.717, 1.165) is 43.4 Å². The Bertz CT molecular complexity index is 719. The number of ether oxygens (including phenoxy) is 1. The normalized spacial score (nSPS) is 15.7. The summed E-state index contributed by atoms with van der Waals surface area (Å²) in [5.74, 6) is 0.667. The molecule has 3 rings (SSSR count). The molecule has 0 saturated carbocycles. The molecule has 25 heavy (non-hydrogen) atoms. The number of methoxy groups -OCH3 is 1. The number of para-hydroxylation sites is 2. The van der Waals surface area contributed by atoms with Gasteiger partial charge in [0.15, 0.2) is 5.13 Å². The van der Waals surface area contributed by atoms with Crippen molar-refractivity contribution in [3.8, 4) is 5.75 Å². The van der Waals surface area contributed by atoms with Gasteiger partial charge in [0.25, 0.3) is 0 Å². The van der Waals surface area contributed by atoms with Crippen molar-refractivity contribution in [1.29, 1.82) is 0 Å². The third-order valence-corrected chi connectivity index (χ3v) is 5.23. The predicted molar refractivity (Wildman–Crippen MR) is 102 cm³/mol. The molecule has 0 radical (unpaired) electrons. The van der Waals surface area contributed by atoms with Gasteiger partial charge in [-0.25, -0.2) is 4.98 Å². The second-order valence-electron chi connectivity index (χ2n) is 6.14. The van der Waals surface area contributed by atoms with Gasteiger partial charge in [-0.2, -0.15) is 0 Å². The zero-order valence-electron chi connectivity index (χ0n) is 14.7. The molecule has 7 heteroatoms. The molecule has 1 fully saturated rings. The van der Waals surface area contributed by atoms with E-state index in [9.17, 15) is 4.79 Å². The molecule has 1 aliphatic heterocycles. The Balaban J connectivity index is 1.53. The SMILES string of the molecule is COc1ccccc1NC(=O)CN1CCCN(c2nc(C)cs2)CC1. The fourth-order valence-electron chi connectivity index (χ4n) is 2.95. The number of aromatic nitrogens is 1. The molecule has 0 atom stereocenters. The van der Waals surface area contributed by atoms with Crippen LogP contribution in [0.5, 0.6) is 5.75 Å². The summed E-state index contributed by atoms with van der Waals surface area (Å²) in [4.78, 5) is 21.5. The number of rotatable bonds is 5. The van der Waals surface area contributed by atoms with Crippen molar-refractivity contribution in [2.45, 2.75) is 13.3 Å². The molecular formula is C18H24N4O2S. The van der Waals surface area contributed by atoms with Crippen LogP contribution in [0.25, 0.3) is 0 Å². The van der Waals surface area contributed by atoms with Crippen LogP contribution >= 0.6 is 11.3 Å². The maximum atomic E-state index is 12.4. The van der Waals surface area contributed by atoms with Crippen molar-refractivity contribution in [3.63, 3.8) is 0 Å². The summed E-state index contributed by atoms with van der Waals surface area (Å²) < 4.78 is 5.28. The molecule has 0 spiro atoms. The van der Waals surface area contributed by atoms with Crippen LogP contribution in [-0.2, 0) is 4.79 Å². The molecule has 0 unspecified atom stereocenters. The number of carbonyl (C=O) groups is 1.